The number of carbonyl (C=O) groups is 1. The van der Waals surface area contributed by atoms with E-state index >= 15 is 0 Å². The van der Waals surface area contributed by atoms with Gasteiger partial charge in [0.25, 0.3) is 0 Å². The van der Waals surface area contributed by atoms with Crippen LogP contribution in [0, 0.1) is 0 Å². The van der Waals surface area contributed by atoms with Crippen molar-refractivity contribution in [3.8, 4) is 0 Å². The zero-order valence-corrected chi connectivity index (χ0v) is 11.1. The van der Waals surface area contributed by atoms with Crippen molar-refractivity contribution in [1.29, 1.82) is 0 Å². The van der Waals surface area contributed by atoms with Crippen LogP contribution in [-0.2, 0) is 17.6 Å². The molecule has 0 bridgehead atoms. The van der Waals surface area contributed by atoms with Gasteiger partial charge in [-0.3, -0.25) is 9.78 Å². The highest BCUT2D eigenvalue weighted by Crippen LogP contribution is 2.38. The normalized spacial score (nSPS) is 14.2. The first-order chi connectivity index (χ1) is 9.81. The van der Waals surface area contributed by atoms with Crippen LogP contribution in [0.25, 0.3) is 0 Å². The van der Waals surface area contributed by atoms with E-state index in [4.69, 9.17) is 4.52 Å². The molecule has 104 valence electrons. The Bertz CT molecular complexity index is 578. The minimum atomic E-state index is -0.0278. The van der Waals surface area contributed by atoms with E-state index in [0.29, 0.717) is 31.2 Å². The lowest BCUT2D eigenvalue weighted by molar-refractivity contribution is -0.120. The molecule has 6 nitrogen and oxygen atoms in total. The van der Waals surface area contributed by atoms with Crippen molar-refractivity contribution in [2.24, 2.45) is 0 Å². The lowest BCUT2D eigenvalue weighted by Gasteiger charge is -2.02. The number of rotatable bonds is 6. The van der Waals surface area contributed by atoms with Crippen LogP contribution in [0.3, 0.4) is 0 Å². The Hall–Kier alpha value is -2.24. The molecule has 0 spiro atoms. The van der Waals surface area contributed by atoms with Crippen LogP contribution in [-0.4, -0.2) is 27.6 Å². The molecule has 0 saturated heterocycles. The molecule has 1 N–H and O–H groups in total. The van der Waals surface area contributed by atoms with Crippen molar-refractivity contribution in [1.82, 2.24) is 20.4 Å². The van der Waals surface area contributed by atoms with Gasteiger partial charge in [-0.1, -0.05) is 11.2 Å². The second-order valence-electron chi connectivity index (χ2n) is 4.96. The highest BCUT2D eigenvalue weighted by molar-refractivity contribution is 5.78. The summed E-state index contributed by atoms with van der Waals surface area (Å²) in [6, 6.07) is 3.70. The van der Waals surface area contributed by atoms with Crippen LogP contribution < -0.4 is 5.32 Å². The summed E-state index contributed by atoms with van der Waals surface area (Å²) in [6.45, 7) is 0.505. The van der Waals surface area contributed by atoms with Gasteiger partial charge in [-0.2, -0.15) is 4.98 Å². The molecule has 2 heterocycles. The highest BCUT2D eigenvalue weighted by atomic mass is 16.5. The molecule has 0 aliphatic heterocycles. The van der Waals surface area contributed by atoms with E-state index in [2.05, 4.69) is 20.4 Å². The second kappa shape index (κ2) is 5.81. The third kappa shape index (κ3) is 3.40. The summed E-state index contributed by atoms with van der Waals surface area (Å²) in [5.41, 5.74) is 0.902. The first-order valence-electron chi connectivity index (χ1n) is 6.79. The average molecular weight is 272 g/mol. The van der Waals surface area contributed by atoms with E-state index in [0.717, 1.165) is 24.2 Å². The van der Waals surface area contributed by atoms with Crippen LogP contribution in [0.2, 0.25) is 0 Å². The van der Waals surface area contributed by atoms with Gasteiger partial charge in [0.2, 0.25) is 11.8 Å². The van der Waals surface area contributed by atoms with Crippen LogP contribution in [0.4, 0.5) is 0 Å². The Morgan fingerprint density at radius 3 is 3.10 bits per heavy atom. The second-order valence-corrected chi connectivity index (χ2v) is 4.96. The van der Waals surface area contributed by atoms with Crippen LogP contribution in [0.15, 0.2) is 29.0 Å². The Morgan fingerprint density at radius 1 is 1.45 bits per heavy atom. The largest absolute Gasteiger partial charge is 0.355 e. The quantitative estimate of drug-likeness (QED) is 0.855. The van der Waals surface area contributed by atoms with Gasteiger partial charge >= 0.3 is 0 Å². The highest BCUT2D eigenvalue weighted by Gasteiger charge is 2.28. The fraction of sp³-hybridized carbons (Fsp3) is 0.429. The summed E-state index contributed by atoms with van der Waals surface area (Å²) in [6.07, 6.45) is 6.60. The maximum absolute atomic E-state index is 11.7. The van der Waals surface area contributed by atoms with Crippen molar-refractivity contribution in [2.45, 2.75) is 31.6 Å². The zero-order chi connectivity index (χ0) is 13.8. The van der Waals surface area contributed by atoms with E-state index in [1.54, 1.807) is 12.4 Å². The van der Waals surface area contributed by atoms with Crippen molar-refractivity contribution in [3.05, 3.63) is 41.8 Å². The fourth-order valence-electron chi connectivity index (χ4n) is 1.94. The molecule has 2 aromatic rings. The standard InChI is InChI=1S/C14H16N4O2/c19-12(8-10-2-1-6-15-9-10)16-7-5-13-17-14(18-20-13)11-3-4-11/h1-2,6,9,11H,3-5,7-8H2,(H,16,19). The molecule has 0 unspecified atom stereocenters. The third-order valence-electron chi connectivity index (χ3n) is 3.17. The van der Waals surface area contributed by atoms with Crippen molar-refractivity contribution in [2.75, 3.05) is 6.54 Å². The van der Waals surface area contributed by atoms with E-state index in [-0.39, 0.29) is 5.91 Å². The first-order valence-corrected chi connectivity index (χ1v) is 6.79. The van der Waals surface area contributed by atoms with Gasteiger partial charge in [0, 0.05) is 31.3 Å². The van der Waals surface area contributed by atoms with Crippen LogP contribution >= 0.6 is 0 Å². The van der Waals surface area contributed by atoms with E-state index in [1.165, 1.54) is 0 Å². The molecular weight excluding hydrogens is 256 g/mol. The summed E-state index contributed by atoms with van der Waals surface area (Å²) in [4.78, 5) is 20.0. The number of hydrogen-bond acceptors (Lipinski definition) is 5. The van der Waals surface area contributed by atoms with Crippen molar-refractivity contribution < 1.29 is 9.32 Å². The van der Waals surface area contributed by atoms with E-state index < -0.39 is 0 Å². The molecule has 1 aliphatic rings. The Balaban J connectivity index is 1.41. The van der Waals surface area contributed by atoms with Crippen molar-refractivity contribution >= 4 is 5.91 Å². The maximum Gasteiger partial charge on any atom is 0.228 e. The Labute approximate surface area is 116 Å². The number of amides is 1. The molecule has 20 heavy (non-hydrogen) atoms. The van der Waals surface area contributed by atoms with Gasteiger partial charge in [0.15, 0.2) is 5.82 Å². The molecule has 1 amide bonds. The summed E-state index contributed by atoms with van der Waals surface area (Å²) >= 11 is 0. The maximum atomic E-state index is 11.7. The van der Waals surface area contributed by atoms with Gasteiger partial charge in [0.1, 0.15) is 0 Å². The van der Waals surface area contributed by atoms with E-state index in [1.807, 2.05) is 12.1 Å². The molecule has 0 atom stereocenters. The topological polar surface area (TPSA) is 80.9 Å². The van der Waals surface area contributed by atoms with Gasteiger partial charge in [-0.05, 0) is 24.5 Å². The lowest BCUT2D eigenvalue weighted by Crippen LogP contribution is -2.27. The molecule has 0 radical (unpaired) electrons. The minimum absolute atomic E-state index is 0.0278. The van der Waals surface area contributed by atoms with Gasteiger partial charge in [-0.25, -0.2) is 0 Å². The molecule has 3 rings (SSSR count). The van der Waals surface area contributed by atoms with Crippen LogP contribution in [0.1, 0.15) is 36.0 Å². The molecular formula is C14H16N4O2. The van der Waals surface area contributed by atoms with Gasteiger partial charge in [0.05, 0.1) is 6.42 Å². The monoisotopic (exact) mass is 272 g/mol. The third-order valence-corrected chi connectivity index (χ3v) is 3.17. The summed E-state index contributed by atoms with van der Waals surface area (Å²) in [5.74, 6) is 1.86. The number of nitrogens with one attached hydrogen (secondary N) is 1. The molecule has 2 aromatic heterocycles. The van der Waals surface area contributed by atoms with Gasteiger partial charge < -0.3 is 9.84 Å². The number of pyridine rings is 1. The Kier molecular flexibility index (Phi) is 3.71. The predicted molar refractivity (Wildman–Crippen MR) is 70.9 cm³/mol. The van der Waals surface area contributed by atoms with Crippen molar-refractivity contribution in [3.63, 3.8) is 0 Å². The lowest BCUT2D eigenvalue weighted by atomic mass is 10.2. The smallest absolute Gasteiger partial charge is 0.228 e. The summed E-state index contributed by atoms with van der Waals surface area (Å²) < 4.78 is 5.14. The number of aromatic nitrogens is 3. The molecule has 6 heteroatoms. The number of hydrogen-bond donors (Lipinski definition) is 1. The number of carbonyl (C=O) groups excluding carboxylic acids is 1. The SMILES string of the molecule is O=C(Cc1cccnc1)NCCc1nc(C2CC2)no1. The average Bonchev–Trinajstić information content (AvgIpc) is 3.20. The van der Waals surface area contributed by atoms with Gasteiger partial charge in [-0.15, -0.1) is 0 Å². The zero-order valence-electron chi connectivity index (χ0n) is 11.1. The number of nitrogens with zero attached hydrogens (tertiary/aromatic N) is 3. The summed E-state index contributed by atoms with van der Waals surface area (Å²) in [7, 11) is 0. The first kappa shape index (κ1) is 12.8. The predicted octanol–water partition coefficient (Wildman–Crippen LogP) is 1.24. The minimum Gasteiger partial charge on any atom is -0.355 e. The molecule has 0 aromatic carbocycles. The summed E-state index contributed by atoms with van der Waals surface area (Å²) in [5, 5.41) is 6.78. The van der Waals surface area contributed by atoms with E-state index in [9.17, 15) is 4.79 Å². The molecule has 1 saturated carbocycles. The fourth-order valence-corrected chi connectivity index (χ4v) is 1.94. The molecule has 1 fully saturated rings. The molecule has 1 aliphatic carbocycles. The van der Waals surface area contributed by atoms with Crippen LogP contribution in [0.5, 0.6) is 0 Å². The Morgan fingerprint density at radius 2 is 2.35 bits per heavy atom.